The molecular weight excluding hydrogens is 360 g/mol. The van der Waals surface area contributed by atoms with Crippen LogP contribution in [0.3, 0.4) is 0 Å². The Labute approximate surface area is 163 Å². The minimum Gasteiger partial charge on any atom is -0.254 e. The van der Waals surface area contributed by atoms with Crippen LogP contribution in [0.15, 0.2) is 54.9 Å². The Balaban J connectivity index is 1.88. The lowest BCUT2D eigenvalue weighted by Gasteiger charge is -2.09. The third-order valence-electron chi connectivity index (χ3n) is 4.60. The maximum absolute atomic E-state index is 4.97. The van der Waals surface area contributed by atoms with Gasteiger partial charge in [-0.15, -0.1) is 5.54 Å². The van der Waals surface area contributed by atoms with Gasteiger partial charge in [0, 0.05) is 28.7 Å². The number of benzene rings is 2. The van der Waals surface area contributed by atoms with Crippen LogP contribution >= 0.6 is 0 Å². The van der Waals surface area contributed by atoms with Gasteiger partial charge >= 0.3 is 0 Å². The fourth-order valence-electron chi connectivity index (χ4n) is 3.34. The van der Waals surface area contributed by atoms with E-state index in [1.54, 1.807) is 12.4 Å². The van der Waals surface area contributed by atoms with Crippen molar-refractivity contribution in [3.05, 3.63) is 60.4 Å². The summed E-state index contributed by atoms with van der Waals surface area (Å²) in [5.41, 5.74) is 9.53. The topological polar surface area (TPSA) is 51.6 Å². The SMILES string of the molecule is C[Si](C)(C)C#Cc1ccc2nc3c4cccnc4c4ncccc4c3nc2c1. The van der Waals surface area contributed by atoms with E-state index >= 15 is 0 Å². The summed E-state index contributed by atoms with van der Waals surface area (Å²) in [6.45, 7) is 6.73. The molecule has 3 heterocycles. The molecule has 0 atom stereocenters. The van der Waals surface area contributed by atoms with E-state index in [1.165, 1.54) is 0 Å². The molecule has 0 amide bonds. The number of hydrogen-bond acceptors (Lipinski definition) is 4. The van der Waals surface area contributed by atoms with Crippen molar-refractivity contribution in [2.75, 3.05) is 0 Å². The van der Waals surface area contributed by atoms with E-state index in [0.717, 1.165) is 49.4 Å². The minimum atomic E-state index is -1.43. The molecule has 5 rings (SSSR count). The summed E-state index contributed by atoms with van der Waals surface area (Å²) in [6, 6.07) is 14.0. The number of rotatable bonds is 0. The van der Waals surface area contributed by atoms with E-state index in [1.807, 2.05) is 42.5 Å². The van der Waals surface area contributed by atoms with Crippen molar-refractivity contribution in [1.82, 2.24) is 19.9 Å². The van der Waals surface area contributed by atoms with Gasteiger partial charge in [0.2, 0.25) is 0 Å². The first-order valence-corrected chi connectivity index (χ1v) is 12.8. The van der Waals surface area contributed by atoms with Gasteiger partial charge in [-0.2, -0.15) is 0 Å². The Morgan fingerprint density at radius 3 is 1.93 bits per heavy atom. The van der Waals surface area contributed by atoms with E-state index in [2.05, 4.69) is 41.1 Å². The second kappa shape index (κ2) is 6.08. The number of nitrogens with zero attached hydrogens (tertiary/aromatic N) is 4. The molecule has 0 aliphatic carbocycles. The van der Waals surface area contributed by atoms with Crippen molar-refractivity contribution >= 4 is 51.9 Å². The van der Waals surface area contributed by atoms with E-state index in [9.17, 15) is 0 Å². The average molecular weight is 379 g/mol. The highest BCUT2D eigenvalue weighted by Gasteiger charge is 2.13. The summed E-state index contributed by atoms with van der Waals surface area (Å²) < 4.78 is 0. The Hall–Kier alpha value is -3.36. The van der Waals surface area contributed by atoms with Crippen molar-refractivity contribution in [3.63, 3.8) is 0 Å². The second-order valence-corrected chi connectivity index (χ2v) is 12.7. The highest BCUT2D eigenvalue weighted by molar-refractivity contribution is 6.83. The number of aromatic nitrogens is 4. The third kappa shape index (κ3) is 2.79. The molecule has 28 heavy (non-hydrogen) atoms. The van der Waals surface area contributed by atoms with Gasteiger partial charge < -0.3 is 0 Å². The van der Waals surface area contributed by atoms with Crippen molar-refractivity contribution in [3.8, 4) is 11.5 Å². The molecule has 5 heteroatoms. The van der Waals surface area contributed by atoms with Crippen molar-refractivity contribution < 1.29 is 0 Å². The van der Waals surface area contributed by atoms with E-state index in [0.29, 0.717) is 0 Å². The van der Waals surface area contributed by atoms with Crippen LogP contribution in [0.5, 0.6) is 0 Å². The molecule has 0 fully saturated rings. The second-order valence-electron chi connectivity index (χ2n) is 7.92. The molecule has 4 nitrogen and oxygen atoms in total. The Morgan fingerprint density at radius 2 is 1.32 bits per heavy atom. The molecule has 134 valence electrons. The molecule has 0 N–H and O–H groups in total. The normalized spacial score (nSPS) is 11.8. The van der Waals surface area contributed by atoms with Crippen molar-refractivity contribution in [2.24, 2.45) is 0 Å². The van der Waals surface area contributed by atoms with Crippen LogP contribution in [-0.2, 0) is 0 Å². The zero-order chi connectivity index (χ0) is 19.3. The summed E-state index contributed by atoms with van der Waals surface area (Å²) in [5, 5.41) is 1.94. The number of fused-ring (bicyclic) bond motifs is 7. The lowest BCUT2D eigenvalue weighted by molar-refractivity contribution is 1.36. The molecule has 5 aromatic rings. The summed E-state index contributed by atoms with van der Waals surface area (Å²) in [5.74, 6) is 3.31. The molecule has 0 saturated carbocycles. The standard InChI is InChI=1S/C23H18N4Si/c1-28(2,3)13-10-15-8-9-18-19(14-15)27-23-17-7-5-12-25-21(17)20-16(22(23)26-18)6-4-11-24-20/h4-9,11-12,14H,1-3H3. The van der Waals surface area contributed by atoms with E-state index in [-0.39, 0.29) is 0 Å². The highest BCUT2D eigenvalue weighted by atomic mass is 28.3. The van der Waals surface area contributed by atoms with Gasteiger partial charge in [-0.3, -0.25) is 9.97 Å². The summed E-state index contributed by atoms with van der Waals surface area (Å²) in [4.78, 5) is 19.0. The fraction of sp³-hybridized carbons (Fsp3) is 0.130. The first kappa shape index (κ1) is 16.8. The van der Waals surface area contributed by atoms with E-state index in [4.69, 9.17) is 9.97 Å². The third-order valence-corrected chi connectivity index (χ3v) is 5.47. The Bertz CT molecular complexity index is 1460. The fourth-order valence-corrected chi connectivity index (χ4v) is 3.86. The molecule has 3 aromatic heterocycles. The average Bonchev–Trinajstić information content (AvgIpc) is 2.70. The molecule has 2 aromatic carbocycles. The van der Waals surface area contributed by atoms with Gasteiger partial charge in [-0.1, -0.05) is 25.6 Å². The summed E-state index contributed by atoms with van der Waals surface area (Å²) in [6.07, 6.45) is 3.58. The number of pyridine rings is 2. The highest BCUT2D eigenvalue weighted by Crippen LogP contribution is 2.31. The van der Waals surface area contributed by atoms with E-state index < -0.39 is 8.07 Å². The molecule has 0 unspecified atom stereocenters. The molecule has 0 radical (unpaired) electrons. The minimum absolute atomic E-state index is 0.850. The molecular formula is C23H18N4Si. The smallest absolute Gasteiger partial charge is 0.129 e. The van der Waals surface area contributed by atoms with Gasteiger partial charge in [0.15, 0.2) is 0 Å². The van der Waals surface area contributed by atoms with Gasteiger partial charge in [0.05, 0.1) is 33.1 Å². The van der Waals surface area contributed by atoms with Crippen LogP contribution in [0.4, 0.5) is 0 Å². The lowest BCUT2D eigenvalue weighted by atomic mass is 10.1. The summed E-state index contributed by atoms with van der Waals surface area (Å²) in [7, 11) is -1.43. The van der Waals surface area contributed by atoms with Gasteiger partial charge in [0.25, 0.3) is 0 Å². The van der Waals surface area contributed by atoms with Gasteiger partial charge in [0.1, 0.15) is 8.07 Å². The Morgan fingerprint density at radius 1 is 0.714 bits per heavy atom. The van der Waals surface area contributed by atoms with Crippen LogP contribution < -0.4 is 0 Å². The monoisotopic (exact) mass is 378 g/mol. The molecule has 0 saturated heterocycles. The predicted octanol–water partition coefficient (Wildman–Crippen LogP) is 5.11. The first-order valence-electron chi connectivity index (χ1n) is 9.26. The predicted molar refractivity (Wildman–Crippen MR) is 118 cm³/mol. The zero-order valence-electron chi connectivity index (χ0n) is 16.0. The number of hydrogen-bond donors (Lipinski definition) is 0. The van der Waals surface area contributed by atoms with Gasteiger partial charge in [-0.05, 0) is 42.5 Å². The first-order chi connectivity index (χ1) is 13.5. The maximum atomic E-state index is 4.97. The van der Waals surface area contributed by atoms with Crippen LogP contribution in [0, 0.1) is 11.5 Å². The lowest BCUT2D eigenvalue weighted by Crippen LogP contribution is -2.16. The maximum Gasteiger partial charge on any atom is 0.129 e. The van der Waals surface area contributed by atoms with Crippen molar-refractivity contribution in [1.29, 1.82) is 0 Å². The summed E-state index contributed by atoms with van der Waals surface area (Å²) >= 11 is 0. The molecule has 0 aliphatic heterocycles. The van der Waals surface area contributed by atoms with Crippen LogP contribution in [0.2, 0.25) is 19.6 Å². The molecule has 0 bridgehead atoms. The molecule has 0 spiro atoms. The quantitative estimate of drug-likeness (QED) is 0.163. The van der Waals surface area contributed by atoms with Gasteiger partial charge in [-0.25, -0.2) is 9.97 Å². The van der Waals surface area contributed by atoms with Crippen LogP contribution in [0.25, 0.3) is 43.9 Å². The van der Waals surface area contributed by atoms with Crippen LogP contribution in [0.1, 0.15) is 5.56 Å². The Kier molecular flexibility index (Phi) is 3.64. The largest absolute Gasteiger partial charge is 0.254 e. The zero-order valence-corrected chi connectivity index (χ0v) is 17.0. The van der Waals surface area contributed by atoms with Crippen molar-refractivity contribution in [2.45, 2.75) is 19.6 Å². The molecule has 0 aliphatic rings. The van der Waals surface area contributed by atoms with Crippen LogP contribution in [-0.4, -0.2) is 28.0 Å².